The third-order valence-electron chi connectivity index (χ3n) is 5.65. The summed E-state index contributed by atoms with van der Waals surface area (Å²) in [7, 11) is 2.08. The Hall–Kier alpha value is -3.64. The van der Waals surface area contributed by atoms with Crippen molar-refractivity contribution in [3.05, 3.63) is 96.0 Å². The Bertz CT molecular complexity index is 1240. The van der Waals surface area contributed by atoms with Crippen LogP contribution in [0, 0.1) is 0 Å². The Morgan fingerprint density at radius 2 is 1.84 bits per heavy atom. The second-order valence-electron chi connectivity index (χ2n) is 7.85. The summed E-state index contributed by atoms with van der Waals surface area (Å²) in [5, 5.41) is 10.1. The van der Waals surface area contributed by atoms with Gasteiger partial charge in [0, 0.05) is 29.8 Å². The highest BCUT2D eigenvalue weighted by molar-refractivity contribution is 5.82. The standard InChI is InChI=1S/C25H24N4O2/c1-18(22-12-13-30-27-22)28(2)16-21-17-29(15-19-8-4-3-5-9-19)26-25(21)24-14-20-10-6-7-11-23(20)31-24/h3-14,17-18H,15-16H2,1-2H3. The van der Waals surface area contributed by atoms with Crippen LogP contribution in [0.4, 0.5) is 0 Å². The van der Waals surface area contributed by atoms with Crippen molar-refractivity contribution in [3.8, 4) is 11.5 Å². The Balaban J connectivity index is 1.50. The lowest BCUT2D eigenvalue weighted by atomic mass is 10.1. The molecule has 5 aromatic rings. The van der Waals surface area contributed by atoms with E-state index >= 15 is 0 Å². The number of para-hydroxylation sites is 1. The molecule has 6 heteroatoms. The van der Waals surface area contributed by atoms with Gasteiger partial charge in [-0.2, -0.15) is 5.10 Å². The molecule has 0 N–H and O–H groups in total. The molecule has 0 amide bonds. The first-order valence-corrected chi connectivity index (χ1v) is 10.4. The van der Waals surface area contributed by atoms with E-state index in [-0.39, 0.29) is 6.04 Å². The SMILES string of the molecule is CC(c1ccon1)N(C)Cc1cn(Cc2ccccc2)nc1-c1cc2ccccc2o1. The van der Waals surface area contributed by atoms with Crippen molar-refractivity contribution in [1.29, 1.82) is 0 Å². The third-order valence-corrected chi connectivity index (χ3v) is 5.65. The second-order valence-corrected chi connectivity index (χ2v) is 7.85. The van der Waals surface area contributed by atoms with Gasteiger partial charge < -0.3 is 8.94 Å². The molecule has 5 rings (SSSR count). The Morgan fingerprint density at radius 1 is 1.03 bits per heavy atom. The lowest BCUT2D eigenvalue weighted by Crippen LogP contribution is -2.22. The van der Waals surface area contributed by atoms with Crippen molar-refractivity contribution >= 4 is 11.0 Å². The van der Waals surface area contributed by atoms with Crippen molar-refractivity contribution in [3.63, 3.8) is 0 Å². The fourth-order valence-electron chi connectivity index (χ4n) is 3.80. The summed E-state index contributed by atoms with van der Waals surface area (Å²) in [6.45, 7) is 3.53. The predicted octanol–water partition coefficient (Wildman–Crippen LogP) is 5.53. The van der Waals surface area contributed by atoms with Gasteiger partial charge in [0.2, 0.25) is 0 Å². The van der Waals surface area contributed by atoms with Crippen molar-refractivity contribution < 1.29 is 8.94 Å². The van der Waals surface area contributed by atoms with Gasteiger partial charge in [-0.3, -0.25) is 9.58 Å². The van der Waals surface area contributed by atoms with E-state index in [1.54, 1.807) is 6.26 Å². The van der Waals surface area contributed by atoms with E-state index in [1.807, 2.05) is 47.1 Å². The lowest BCUT2D eigenvalue weighted by molar-refractivity contribution is 0.241. The quantitative estimate of drug-likeness (QED) is 0.352. The van der Waals surface area contributed by atoms with Gasteiger partial charge in [0.15, 0.2) is 5.76 Å². The van der Waals surface area contributed by atoms with Crippen LogP contribution in [0.5, 0.6) is 0 Å². The number of aromatic nitrogens is 3. The van der Waals surface area contributed by atoms with Gasteiger partial charge in [-0.1, -0.05) is 53.7 Å². The molecule has 0 fully saturated rings. The zero-order valence-electron chi connectivity index (χ0n) is 17.6. The van der Waals surface area contributed by atoms with Crippen molar-refractivity contribution in [2.45, 2.75) is 26.1 Å². The summed E-state index contributed by atoms with van der Waals surface area (Å²) in [6, 6.07) is 22.5. The van der Waals surface area contributed by atoms with Crippen LogP contribution in [0.15, 0.2) is 88.1 Å². The molecular formula is C25H24N4O2. The molecule has 3 heterocycles. The van der Waals surface area contributed by atoms with E-state index in [4.69, 9.17) is 14.0 Å². The van der Waals surface area contributed by atoms with Crippen LogP contribution in [0.3, 0.4) is 0 Å². The molecule has 6 nitrogen and oxygen atoms in total. The summed E-state index contributed by atoms with van der Waals surface area (Å²) in [6.07, 6.45) is 3.72. The van der Waals surface area contributed by atoms with Crippen LogP contribution in [0.25, 0.3) is 22.4 Å². The van der Waals surface area contributed by atoms with Crippen LogP contribution in [-0.4, -0.2) is 26.9 Å². The maximum atomic E-state index is 6.15. The maximum absolute atomic E-state index is 6.15. The Morgan fingerprint density at radius 3 is 2.61 bits per heavy atom. The first kappa shape index (κ1) is 19.3. The van der Waals surface area contributed by atoms with Crippen LogP contribution >= 0.6 is 0 Å². The third kappa shape index (κ3) is 4.02. The molecule has 31 heavy (non-hydrogen) atoms. The van der Waals surface area contributed by atoms with E-state index < -0.39 is 0 Å². The van der Waals surface area contributed by atoms with Gasteiger partial charge in [-0.25, -0.2) is 0 Å². The first-order valence-electron chi connectivity index (χ1n) is 10.4. The van der Waals surface area contributed by atoms with Gasteiger partial charge in [0.05, 0.1) is 12.6 Å². The highest BCUT2D eigenvalue weighted by Gasteiger charge is 2.20. The largest absolute Gasteiger partial charge is 0.454 e. The minimum Gasteiger partial charge on any atom is -0.454 e. The molecule has 0 aliphatic carbocycles. The lowest BCUT2D eigenvalue weighted by Gasteiger charge is -2.22. The molecule has 0 saturated carbocycles. The molecule has 1 unspecified atom stereocenters. The Labute approximate surface area is 180 Å². The fraction of sp³-hybridized carbons (Fsp3) is 0.200. The summed E-state index contributed by atoms with van der Waals surface area (Å²) in [5.41, 5.74) is 4.95. The normalized spacial score (nSPS) is 12.6. The number of nitrogens with zero attached hydrogens (tertiary/aromatic N) is 4. The molecule has 3 aromatic heterocycles. The van der Waals surface area contributed by atoms with E-state index in [0.717, 1.165) is 33.7 Å². The minimum atomic E-state index is 0.111. The molecule has 156 valence electrons. The topological polar surface area (TPSA) is 60.2 Å². The molecule has 0 spiro atoms. The van der Waals surface area contributed by atoms with Gasteiger partial charge in [0.1, 0.15) is 23.2 Å². The molecule has 0 aliphatic heterocycles. The monoisotopic (exact) mass is 412 g/mol. The van der Waals surface area contributed by atoms with E-state index in [0.29, 0.717) is 13.1 Å². The van der Waals surface area contributed by atoms with E-state index in [1.165, 1.54) is 5.56 Å². The number of hydrogen-bond acceptors (Lipinski definition) is 5. The number of rotatable bonds is 7. The maximum Gasteiger partial charge on any atom is 0.156 e. The van der Waals surface area contributed by atoms with Crippen molar-refractivity contribution in [2.75, 3.05) is 7.05 Å². The second kappa shape index (κ2) is 8.24. The van der Waals surface area contributed by atoms with Crippen LogP contribution < -0.4 is 0 Å². The van der Waals surface area contributed by atoms with Gasteiger partial charge in [0.25, 0.3) is 0 Å². The highest BCUT2D eigenvalue weighted by Crippen LogP contribution is 2.31. The molecular weight excluding hydrogens is 388 g/mol. The zero-order chi connectivity index (χ0) is 21.2. The molecule has 1 atom stereocenters. The van der Waals surface area contributed by atoms with Crippen LogP contribution in [0.1, 0.15) is 29.8 Å². The van der Waals surface area contributed by atoms with Crippen molar-refractivity contribution in [1.82, 2.24) is 19.8 Å². The van der Waals surface area contributed by atoms with Gasteiger partial charge in [-0.05, 0) is 31.7 Å². The number of hydrogen-bond donors (Lipinski definition) is 0. The number of furan rings is 1. The number of fused-ring (bicyclic) bond motifs is 1. The minimum absolute atomic E-state index is 0.111. The summed E-state index contributed by atoms with van der Waals surface area (Å²) >= 11 is 0. The predicted molar refractivity (Wildman–Crippen MR) is 119 cm³/mol. The summed E-state index contributed by atoms with van der Waals surface area (Å²) in [4.78, 5) is 2.23. The van der Waals surface area contributed by atoms with Crippen LogP contribution in [0.2, 0.25) is 0 Å². The summed E-state index contributed by atoms with van der Waals surface area (Å²) in [5.74, 6) is 0.783. The molecule has 0 aliphatic rings. The smallest absolute Gasteiger partial charge is 0.156 e. The molecule has 0 radical (unpaired) electrons. The highest BCUT2D eigenvalue weighted by atomic mass is 16.5. The fourth-order valence-corrected chi connectivity index (χ4v) is 3.80. The van der Waals surface area contributed by atoms with E-state index in [2.05, 4.69) is 54.5 Å². The Kier molecular flexibility index (Phi) is 5.14. The molecule has 2 aromatic carbocycles. The van der Waals surface area contributed by atoms with E-state index in [9.17, 15) is 0 Å². The summed E-state index contributed by atoms with van der Waals surface area (Å²) < 4.78 is 13.2. The van der Waals surface area contributed by atoms with Crippen molar-refractivity contribution in [2.24, 2.45) is 0 Å². The average molecular weight is 412 g/mol. The zero-order valence-corrected chi connectivity index (χ0v) is 17.6. The average Bonchev–Trinajstić information content (AvgIpc) is 3.53. The molecule has 0 saturated heterocycles. The van der Waals surface area contributed by atoms with Gasteiger partial charge >= 0.3 is 0 Å². The first-order chi connectivity index (χ1) is 15.2. The van der Waals surface area contributed by atoms with Gasteiger partial charge in [-0.15, -0.1) is 0 Å². The van der Waals surface area contributed by atoms with Crippen LogP contribution in [-0.2, 0) is 13.1 Å². The molecule has 0 bridgehead atoms. The number of benzene rings is 2.